The van der Waals surface area contributed by atoms with E-state index in [0.29, 0.717) is 16.6 Å². The molecule has 2 nitrogen and oxygen atoms in total. The molecule has 4 heteroatoms. The molecule has 80 valence electrons. The van der Waals surface area contributed by atoms with Crippen LogP contribution in [0.5, 0.6) is 0 Å². The SMILES string of the molecule is Cc1c(CN)c2ccc(Cl)c(Cl)c2n1C. The summed E-state index contributed by atoms with van der Waals surface area (Å²) in [5.74, 6) is 0. The largest absolute Gasteiger partial charge is 0.346 e. The van der Waals surface area contributed by atoms with Crippen LogP contribution in [0.15, 0.2) is 12.1 Å². The molecular formula is C11H12Cl2N2. The predicted molar refractivity (Wildman–Crippen MR) is 65.6 cm³/mol. The van der Waals surface area contributed by atoms with Gasteiger partial charge in [0.25, 0.3) is 0 Å². The number of aryl methyl sites for hydroxylation is 1. The Labute approximate surface area is 98.6 Å². The number of fused-ring (bicyclic) bond motifs is 1. The smallest absolute Gasteiger partial charge is 0.0835 e. The standard InChI is InChI=1S/C11H12Cl2N2/c1-6-8(5-14)7-3-4-9(12)10(13)11(7)15(6)2/h3-4H,5,14H2,1-2H3. The lowest BCUT2D eigenvalue weighted by Gasteiger charge is -2.02. The zero-order chi connectivity index (χ0) is 11.2. The van der Waals surface area contributed by atoms with Gasteiger partial charge in [-0.1, -0.05) is 29.3 Å². The molecule has 0 aliphatic rings. The molecule has 15 heavy (non-hydrogen) atoms. The van der Waals surface area contributed by atoms with Gasteiger partial charge in [0, 0.05) is 24.7 Å². The number of hydrogen-bond acceptors (Lipinski definition) is 1. The van der Waals surface area contributed by atoms with Gasteiger partial charge in [-0.2, -0.15) is 0 Å². The van der Waals surface area contributed by atoms with Crippen molar-refractivity contribution < 1.29 is 0 Å². The molecule has 0 fully saturated rings. The van der Waals surface area contributed by atoms with Gasteiger partial charge in [0.1, 0.15) is 0 Å². The van der Waals surface area contributed by atoms with E-state index < -0.39 is 0 Å². The van der Waals surface area contributed by atoms with E-state index in [2.05, 4.69) is 0 Å². The first kappa shape index (κ1) is 10.8. The van der Waals surface area contributed by atoms with Gasteiger partial charge in [-0.3, -0.25) is 0 Å². The molecule has 0 bridgehead atoms. The third kappa shape index (κ3) is 1.44. The quantitative estimate of drug-likeness (QED) is 0.818. The summed E-state index contributed by atoms with van der Waals surface area (Å²) in [6.45, 7) is 2.55. The molecule has 0 radical (unpaired) electrons. The van der Waals surface area contributed by atoms with Gasteiger partial charge >= 0.3 is 0 Å². The van der Waals surface area contributed by atoms with Crippen LogP contribution in [0.2, 0.25) is 10.0 Å². The van der Waals surface area contributed by atoms with Crippen molar-refractivity contribution >= 4 is 34.1 Å². The molecule has 2 N–H and O–H groups in total. The van der Waals surface area contributed by atoms with Crippen molar-refractivity contribution in [2.75, 3.05) is 0 Å². The number of benzene rings is 1. The van der Waals surface area contributed by atoms with E-state index >= 15 is 0 Å². The average Bonchev–Trinajstić information content (AvgIpc) is 2.46. The van der Waals surface area contributed by atoms with Crippen LogP contribution in [0, 0.1) is 6.92 Å². The summed E-state index contributed by atoms with van der Waals surface area (Å²) < 4.78 is 2.03. The number of aromatic nitrogens is 1. The minimum absolute atomic E-state index is 0.515. The van der Waals surface area contributed by atoms with Crippen molar-refractivity contribution in [3.63, 3.8) is 0 Å². The van der Waals surface area contributed by atoms with Crippen molar-refractivity contribution in [3.8, 4) is 0 Å². The second kappa shape index (κ2) is 3.71. The van der Waals surface area contributed by atoms with Crippen LogP contribution in [-0.2, 0) is 13.6 Å². The molecule has 0 unspecified atom stereocenters. The van der Waals surface area contributed by atoms with E-state index in [9.17, 15) is 0 Å². The Hall–Kier alpha value is -0.700. The second-order valence-electron chi connectivity index (χ2n) is 3.58. The van der Waals surface area contributed by atoms with Crippen molar-refractivity contribution in [2.45, 2.75) is 13.5 Å². The highest BCUT2D eigenvalue weighted by molar-refractivity contribution is 6.45. The van der Waals surface area contributed by atoms with Crippen LogP contribution in [0.3, 0.4) is 0 Å². The van der Waals surface area contributed by atoms with Gasteiger partial charge < -0.3 is 10.3 Å². The molecule has 1 heterocycles. The second-order valence-corrected chi connectivity index (χ2v) is 4.37. The minimum atomic E-state index is 0.515. The Bertz CT molecular complexity index is 529. The predicted octanol–water partition coefficient (Wildman–Crippen LogP) is 3.25. The van der Waals surface area contributed by atoms with Crippen molar-refractivity contribution in [1.82, 2.24) is 4.57 Å². The van der Waals surface area contributed by atoms with E-state index in [1.807, 2.05) is 30.7 Å². The Kier molecular flexibility index (Phi) is 2.67. The zero-order valence-electron chi connectivity index (χ0n) is 8.64. The molecule has 0 amide bonds. The highest BCUT2D eigenvalue weighted by Gasteiger charge is 2.14. The Morgan fingerprint density at radius 2 is 2.00 bits per heavy atom. The molecule has 0 aliphatic carbocycles. The highest BCUT2D eigenvalue weighted by Crippen LogP contribution is 2.34. The normalized spacial score (nSPS) is 11.3. The van der Waals surface area contributed by atoms with Crippen molar-refractivity contribution in [1.29, 1.82) is 0 Å². The first-order chi connectivity index (χ1) is 7.07. The number of hydrogen-bond donors (Lipinski definition) is 1. The molecule has 0 saturated carbocycles. The summed E-state index contributed by atoms with van der Waals surface area (Å²) in [6.07, 6.45) is 0. The Morgan fingerprint density at radius 3 is 2.60 bits per heavy atom. The number of nitrogens with zero attached hydrogens (tertiary/aromatic N) is 1. The van der Waals surface area contributed by atoms with E-state index in [0.717, 1.165) is 22.2 Å². The lowest BCUT2D eigenvalue weighted by molar-refractivity contribution is 0.894. The molecule has 0 aliphatic heterocycles. The maximum atomic E-state index is 6.18. The Morgan fingerprint density at radius 1 is 1.33 bits per heavy atom. The molecule has 1 aromatic heterocycles. The van der Waals surface area contributed by atoms with E-state index in [1.165, 1.54) is 0 Å². The zero-order valence-corrected chi connectivity index (χ0v) is 10.2. The number of halogens is 2. The fourth-order valence-electron chi connectivity index (χ4n) is 1.93. The molecule has 0 atom stereocenters. The van der Waals surface area contributed by atoms with Crippen LogP contribution in [0.25, 0.3) is 10.9 Å². The van der Waals surface area contributed by atoms with Crippen LogP contribution >= 0.6 is 23.2 Å². The molecule has 0 saturated heterocycles. The van der Waals surface area contributed by atoms with E-state index in [4.69, 9.17) is 28.9 Å². The lowest BCUT2D eigenvalue weighted by Crippen LogP contribution is -1.98. The lowest BCUT2D eigenvalue weighted by atomic mass is 10.1. The highest BCUT2D eigenvalue weighted by atomic mass is 35.5. The molecule has 1 aromatic carbocycles. The molecule has 0 spiro atoms. The van der Waals surface area contributed by atoms with Crippen molar-refractivity contribution in [3.05, 3.63) is 33.4 Å². The van der Waals surface area contributed by atoms with Crippen LogP contribution in [0.1, 0.15) is 11.3 Å². The van der Waals surface area contributed by atoms with Gasteiger partial charge in [-0.15, -0.1) is 0 Å². The monoisotopic (exact) mass is 242 g/mol. The summed E-state index contributed by atoms with van der Waals surface area (Å²) in [5.41, 5.74) is 8.96. The van der Waals surface area contributed by atoms with E-state index in [-0.39, 0.29) is 0 Å². The third-order valence-corrected chi connectivity index (χ3v) is 3.67. The van der Waals surface area contributed by atoms with Crippen LogP contribution in [0.4, 0.5) is 0 Å². The first-order valence-electron chi connectivity index (χ1n) is 4.69. The molecule has 2 aromatic rings. The van der Waals surface area contributed by atoms with Crippen LogP contribution in [-0.4, -0.2) is 4.57 Å². The summed E-state index contributed by atoms with van der Waals surface area (Å²) >= 11 is 12.2. The molecule has 2 rings (SSSR count). The third-order valence-electron chi connectivity index (χ3n) is 2.87. The summed E-state index contributed by atoms with van der Waals surface area (Å²) in [7, 11) is 1.97. The van der Waals surface area contributed by atoms with E-state index in [1.54, 1.807) is 0 Å². The maximum absolute atomic E-state index is 6.18. The van der Waals surface area contributed by atoms with Gasteiger partial charge in [-0.25, -0.2) is 0 Å². The van der Waals surface area contributed by atoms with Crippen molar-refractivity contribution in [2.24, 2.45) is 12.8 Å². The fourth-order valence-corrected chi connectivity index (χ4v) is 2.38. The van der Waals surface area contributed by atoms with Gasteiger partial charge in [-0.05, 0) is 18.6 Å². The summed E-state index contributed by atoms with van der Waals surface area (Å²) in [4.78, 5) is 0. The summed E-state index contributed by atoms with van der Waals surface area (Å²) in [6, 6.07) is 3.78. The Balaban J connectivity index is 2.97. The first-order valence-corrected chi connectivity index (χ1v) is 5.45. The topological polar surface area (TPSA) is 30.9 Å². The van der Waals surface area contributed by atoms with Crippen LogP contribution < -0.4 is 5.73 Å². The minimum Gasteiger partial charge on any atom is -0.346 e. The van der Waals surface area contributed by atoms with Gasteiger partial charge in [0.15, 0.2) is 0 Å². The van der Waals surface area contributed by atoms with Gasteiger partial charge in [0.05, 0.1) is 15.6 Å². The number of nitrogens with two attached hydrogens (primary N) is 1. The molecular weight excluding hydrogens is 231 g/mol. The maximum Gasteiger partial charge on any atom is 0.0835 e. The number of rotatable bonds is 1. The average molecular weight is 243 g/mol. The summed E-state index contributed by atoms with van der Waals surface area (Å²) in [5, 5.41) is 2.26. The van der Waals surface area contributed by atoms with Gasteiger partial charge in [0.2, 0.25) is 0 Å². The fraction of sp³-hybridized carbons (Fsp3) is 0.273.